The highest BCUT2D eigenvalue weighted by Crippen LogP contribution is 2.03. The van der Waals surface area contributed by atoms with E-state index in [1.807, 2.05) is 6.92 Å². The summed E-state index contributed by atoms with van der Waals surface area (Å²) in [5.74, 6) is 1.15. The van der Waals surface area contributed by atoms with Gasteiger partial charge in [-0.3, -0.25) is 5.41 Å². The van der Waals surface area contributed by atoms with E-state index in [0.717, 1.165) is 19.6 Å². The Balaban J connectivity index is 3.90. The van der Waals surface area contributed by atoms with Crippen molar-refractivity contribution in [2.75, 3.05) is 19.6 Å². The fourth-order valence-corrected chi connectivity index (χ4v) is 1.33. The van der Waals surface area contributed by atoms with Crippen LogP contribution in [-0.2, 0) is 0 Å². The fraction of sp³-hybridized carbons (Fsp3) is 0.900. The van der Waals surface area contributed by atoms with Crippen molar-refractivity contribution < 1.29 is 0 Å². The lowest BCUT2D eigenvalue weighted by molar-refractivity contribution is 0.242. The lowest BCUT2D eigenvalue weighted by Gasteiger charge is -2.25. The van der Waals surface area contributed by atoms with E-state index in [9.17, 15) is 0 Å². The molecule has 0 aliphatic heterocycles. The van der Waals surface area contributed by atoms with E-state index in [1.54, 1.807) is 0 Å². The summed E-state index contributed by atoms with van der Waals surface area (Å²) in [5, 5.41) is 7.30. The van der Waals surface area contributed by atoms with Crippen molar-refractivity contribution in [3.8, 4) is 0 Å². The summed E-state index contributed by atoms with van der Waals surface area (Å²) < 4.78 is 0. The molecule has 0 aromatic heterocycles. The molecule has 0 spiro atoms. The van der Waals surface area contributed by atoms with E-state index in [1.165, 1.54) is 0 Å². The van der Waals surface area contributed by atoms with Gasteiger partial charge in [-0.1, -0.05) is 27.7 Å². The van der Waals surface area contributed by atoms with Crippen molar-refractivity contribution in [2.45, 2.75) is 27.7 Å². The molecule has 0 amide bonds. The first-order valence-corrected chi connectivity index (χ1v) is 5.03. The molecule has 78 valence electrons. The largest absolute Gasteiger partial charge is 0.387 e. The van der Waals surface area contributed by atoms with Crippen LogP contribution in [0.3, 0.4) is 0 Å². The van der Waals surface area contributed by atoms with Gasteiger partial charge < -0.3 is 10.6 Å². The lowest BCUT2D eigenvalue weighted by atomic mass is 10.1. The second kappa shape index (κ2) is 5.97. The topological polar surface area (TPSA) is 53.1 Å². The molecule has 0 aliphatic carbocycles. The van der Waals surface area contributed by atoms with Crippen LogP contribution in [0.5, 0.6) is 0 Å². The van der Waals surface area contributed by atoms with Gasteiger partial charge >= 0.3 is 0 Å². The number of nitrogens with one attached hydrogen (secondary N) is 1. The average Bonchev–Trinajstić information content (AvgIpc) is 2.02. The first-order chi connectivity index (χ1) is 5.97. The van der Waals surface area contributed by atoms with Crippen LogP contribution >= 0.6 is 0 Å². The number of nitrogens with two attached hydrogens (primary N) is 1. The molecule has 3 nitrogen and oxygen atoms in total. The van der Waals surface area contributed by atoms with Gasteiger partial charge in [-0.25, -0.2) is 0 Å². The molecule has 1 atom stereocenters. The minimum Gasteiger partial charge on any atom is -0.387 e. The highest BCUT2D eigenvalue weighted by molar-refractivity contribution is 5.79. The molecule has 0 aromatic rings. The summed E-state index contributed by atoms with van der Waals surface area (Å²) in [5.41, 5.74) is 5.43. The van der Waals surface area contributed by atoms with Crippen LogP contribution < -0.4 is 5.73 Å². The van der Waals surface area contributed by atoms with Crippen LogP contribution in [0.2, 0.25) is 0 Å². The molecule has 0 fully saturated rings. The maximum absolute atomic E-state index is 7.30. The predicted octanol–water partition coefficient (Wildman–Crippen LogP) is 1.54. The Morgan fingerprint density at radius 3 is 2.15 bits per heavy atom. The highest BCUT2D eigenvalue weighted by atomic mass is 15.1. The van der Waals surface area contributed by atoms with Crippen LogP contribution in [0.1, 0.15) is 27.7 Å². The molecule has 0 saturated carbocycles. The van der Waals surface area contributed by atoms with E-state index in [2.05, 4.69) is 25.7 Å². The number of hydrogen-bond donors (Lipinski definition) is 2. The highest BCUT2D eigenvalue weighted by Gasteiger charge is 2.11. The van der Waals surface area contributed by atoms with Crippen LogP contribution in [0.25, 0.3) is 0 Å². The van der Waals surface area contributed by atoms with Crippen molar-refractivity contribution in [3.05, 3.63) is 0 Å². The van der Waals surface area contributed by atoms with E-state index in [4.69, 9.17) is 11.1 Å². The molecule has 0 rings (SSSR count). The van der Waals surface area contributed by atoms with E-state index < -0.39 is 0 Å². The third kappa shape index (κ3) is 5.64. The summed E-state index contributed by atoms with van der Waals surface area (Å²) in [6.07, 6.45) is 0. The Hall–Kier alpha value is -0.570. The molecule has 0 saturated heterocycles. The normalized spacial score (nSPS) is 13.7. The predicted molar refractivity (Wildman–Crippen MR) is 58.0 cm³/mol. The molecule has 0 aromatic carbocycles. The fourth-order valence-electron chi connectivity index (χ4n) is 1.33. The van der Waals surface area contributed by atoms with Crippen molar-refractivity contribution in [1.82, 2.24) is 4.90 Å². The standard InChI is InChI=1S/C10H23N3/c1-5-13(6-8(2)3)7-9(4)10(11)12/h8-9H,5-7H2,1-4H3,(H3,11,12). The van der Waals surface area contributed by atoms with Crippen LogP contribution in [0.4, 0.5) is 0 Å². The lowest BCUT2D eigenvalue weighted by Crippen LogP contribution is -2.36. The van der Waals surface area contributed by atoms with Gasteiger partial charge in [-0.15, -0.1) is 0 Å². The summed E-state index contributed by atoms with van der Waals surface area (Å²) in [6, 6.07) is 0. The second-order valence-corrected chi connectivity index (χ2v) is 4.10. The van der Waals surface area contributed by atoms with Gasteiger partial charge in [-0.05, 0) is 12.5 Å². The summed E-state index contributed by atoms with van der Waals surface area (Å²) in [6.45, 7) is 11.6. The van der Waals surface area contributed by atoms with Crippen molar-refractivity contribution in [3.63, 3.8) is 0 Å². The molecule has 0 aliphatic rings. The minimum absolute atomic E-state index is 0.179. The molecule has 3 heteroatoms. The Bertz CT molecular complexity index is 154. The Morgan fingerprint density at radius 2 is 1.85 bits per heavy atom. The number of amidine groups is 1. The number of nitrogens with zero attached hydrogens (tertiary/aromatic N) is 1. The zero-order valence-corrected chi connectivity index (χ0v) is 9.30. The minimum atomic E-state index is 0.179. The SMILES string of the molecule is CCN(CC(C)C)CC(C)C(=N)N. The van der Waals surface area contributed by atoms with Gasteiger partial charge in [0.2, 0.25) is 0 Å². The van der Waals surface area contributed by atoms with Crippen molar-refractivity contribution >= 4 is 5.84 Å². The van der Waals surface area contributed by atoms with Gasteiger partial charge in [0, 0.05) is 19.0 Å². The average molecular weight is 185 g/mol. The van der Waals surface area contributed by atoms with Crippen molar-refractivity contribution in [2.24, 2.45) is 17.6 Å². The monoisotopic (exact) mass is 185 g/mol. The molecule has 13 heavy (non-hydrogen) atoms. The van der Waals surface area contributed by atoms with E-state index in [-0.39, 0.29) is 5.92 Å². The third-order valence-electron chi connectivity index (χ3n) is 2.13. The summed E-state index contributed by atoms with van der Waals surface area (Å²) in [4.78, 5) is 2.34. The summed E-state index contributed by atoms with van der Waals surface area (Å²) in [7, 11) is 0. The van der Waals surface area contributed by atoms with E-state index in [0.29, 0.717) is 11.8 Å². The van der Waals surface area contributed by atoms with Crippen molar-refractivity contribution in [1.29, 1.82) is 5.41 Å². The molecular formula is C10H23N3. The first kappa shape index (κ1) is 12.4. The van der Waals surface area contributed by atoms with E-state index >= 15 is 0 Å². The number of hydrogen-bond acceptors (Lipinski definition) is 2. The molecule has 0 heterocycles. The molecule has 3 N–H and O–H groups in total. The maximum Gasteiger partial charge on any atom is 0.0947 e. The van der Waals surface area contributed by atoms with Crippen LogP contribution in [0.15, 0.2) is 0 Å². The molecule has 1 unspecified atom stereocenters. The molecular weight excluding hydrogens is 162 g/mol. The van der Waals surface area contributed by atoms with Gasteiger partial charge in [0.15, 0.2) is 0 Å². The zero-order chi connectivity index (χ0) is 10.4. The molecule has 0 radical (unpaired) electrons. The maximum atomic E-state index is 7.30. The van der Waals surface area contributed by atoms with Gasteiger partial charge in [0.25, 0.3) is 0 Å². The Morgan fingerprint density at radius 1 is 1.31 bits per heavy atom. The smallest absolute Gasteiger partial charge is 0.0947 e. The summed E-state index contributed by atoms with van der Waals surface area (Å²) >= 11 is 0. The molecule has 0 bridgehead atoms. The Labute approximate surface area is 81.8 Å². The second-order valence-electron chi connectivity index (χ2n) is 4.10. The third-order valence-corrected chi connectivity index (χ3v) is 2.13. The van der Waals surface area contributed by atoms with Gasteiger partial charge in [-0.2, -0.15) is 0 Å². The van der Waals surface area contributed by atoms with Crippen LogP contribution in [-0.4, -0.2) is 30.4 Å². The number of rotatable bonds is 6. The quantitative estimate of drug-likeness (QED) is 0.487. The Kier molecular flexibility index (Phi) is 5.71. The zero-order valence-electron chi connectivity index (χ0n) is 9.30. The van der Waals surface area contributed by atoms with Gasteiger partial charge in [0.05, 0.1) is 5.84 Å². The van der Waals surface area contributed by atoms with Gasteiger partial charge in [0.1, 0.15) is 0 Å². The van der Waals surface area contributed by atoms with Crippen LogP contribution in [0, 0.1) is 17.2 Å². The first-order valence-electron chi connectivity index (χ1n) is 5.03.